The quantitative estimate of drug-likeness (QED) is 0.742. The molecule has 1 amide bonds. The fraction of sp³-hybridized carbons (Fsp3) is 0.238. The molecule has 3 rings (SSSR count). The average Bonchev–Trinajstić information content (AvgIpc) is 3.10. The van der Waals surface area contributed by atoms with Gasteiger partial charge in [0.15, 0.2) is 0 Å². The zero-order valence-electron chi connectivity index (χ0n) is 15.2. The molecule has 0 bridgehead atoms. The van der Waals surface area contributed by atoms with E-state index in [2.05, 4.69) is 10.3 Å². The molecule has 0 spiro atoms. The SMILES string of the molecule is CC[C@H](C(=O)NC)n1cnc(-c2ccccc2)c1-c1ccc(F)c(C)c1. The Hall–Kier alpha value is -2.95. The number of carbonyl (C=O) groups excluding carboxylic acids is 1. The number of hydrogen-bond acceptors (Lipinski definition) is 2. The lowest BCUT2D eigenvalue weighted by Crippen LogP contribution is -2.29. The zero-order chi connectivity index (χ0) is 18.7. The largest absolute Gasteiger partial charge is 0.357 e. The number of likely N-dealkylation sites (N-methyl/N-ethyl adjacent to an activating group) is 1. The van der Waals surface area contributed by atoms with E-state index in [0.29, 0.717) is 12.0 Å². The summed E-state index contributed by atoms with van der Waals surface area (Å²) >= 11 is 0. The van der Waals surface area contributed by atoms with Crippen molar-refractivity contribution in [3.63, 3.8) is 0 Å². The molecule has 1 N–H and O–H groups in total. The second kappa shape index (κ2) is 7.52. The van der Waals surface area contributed by atoms with Crippen LogP contribution in [0.2, 0.25) is 0 Å². The highest BCUT2D eigenvalue weighted by Crippen LogP contribution is 2.34. The van der Waals surface area contributed by atoms with E-state index in [0.717, 1.165) is 22.5 Å². The summed E-state index contributed by atoms with van der Waals surface area (Å²) in [6.07, 6.45) is 2.32. The third kappa shape index (κ3) is 3.25. The van der Waals surface area contributed by atoms with Crippen molar-refractivity contribution in [1.82, 2.24) is 14.9 Å². The van der Waals surface area contributed by atoms with Gasteiger partial charge in [-0.25, -0.2) is 9.37 Å². The highest BCUT2D eigenvalue weighted by Gasteiger charge is 2.24. The fourth-order valence-electron chi connectivity index (χ4n) is 3.16. The highest BCUT2D eigenvalue weighted by atomic mass is 19.1. The van der Waals surface area contributed by atoms with Gasteiger partial charge in [-0.3, -0.25) is 4.79 Å². The lowest BCUT2D eigenvalue weighted by Gasteiger charge is -2.19. The van der Waals surface area contributed by atoms with Gasteiger partial charge in [-0.1, -0.05) is 37.3 Å². The van der Waals surface area contributed by atoms with Crippen LogP contribution in [0.15, 0.2) is 54.9 Å². The number of aryl methyl sites for hydroxylation is 1. The molecule has 134 valence electrons. The van der Waals surface area contributed by atoms with Gasteiger partial charge in [0.25, 0.3) is 0 Å². The number of nitrogens with one attached hydrogen (secondary N) is 1. The van der Waals surface area contributed by atoms with Gasteiger partial charge in [0.1, 0.15) is 11.9 Å². The first-order valence-electron chi connectivity index (χ1n) is 8.67. The minimum absolute atomic E-state index is 0.0791. The van der Waals surface area contributed by atoms with E-state index in [9.17, 15) is 9.18 Å². The van der Waals surface area contributed by atoms with Crippen LogP contribution in [0, 0.1) is 12.7 Å². The van der Waals surface area contributed by atoms with Gasteiger partial charge in [-0.15, -0.1) is 0 Å². The van der Waals surface area contributed by atoms with Gasteiger partial charge in [-0.2, -0.15) is 0 Å². The van der Waals surface area contributed by atoms with Crippen molar-refractivity contribution < 1.29 is 9.18 Å². The molecule has 0 saturated heterocycles. The lowest BCUT2D eigenvalue weighted by molar-refractivity contribution is -0.123. The summed E-state index contributed by atoms with van der Waals surface area (Å²) in [4.78, 5) is 17.0. The Bertz CT molecular complexity index is 918. The van der Waals surface area contributed by atoms with E-state index in [4.69, 9.17) is 0 Å². The smallest absolute Gasteiger partial charge is 0.242 e. The maximum Gasteiger partial charge on any atom is 0.242 e. The van der Waals surface area contributed by atoms with Crippen molar-refractivity contribution in [2.45, 2.75) is 26.3 Å². The normalized spacial score (nSPS) is 12.0. The van der Waals surface area contributed by atoms with Crippen LogP contribution in [0.25, 0.3) is 22.5 Å². The van der Waals surface area contributed by atoms with Gasteiger partial charge in [0, 0.05) is 18.2 Å². The summed E-state index contributed by atoms with van der Waals surface area (Å²) in [5.74, 6) is -0.330. The molecule has 2 aromatic carbocycles. The molecule has 26 heavy (non-hydrogen) atoms. The maximum atomic E-state index is 13.8. The molecule has 1 heterocycles. The van der Waals surface area contributed by atoms with Crippen LogP contribution < -0.4 is 5.32 Å². The van der Waals surface area contributed by atoms with E-state index in [-0.39, 0.29) is 17.8 Å². The Kier molecular flexibility index (Phi) is 5.16. The molecule has 0 aliphatic rings. The van der Waals surface area contributed by atoms with Crippen molar-refractivity contribution in [1.29, 1.82) is 0 Å². The number of aromatic nitrogens is 2. The third-order valence-corrected chi connectivity index (χ3v) is 4.54. The number of benzene rings is 2. The van der Waals surface area contributed by atoms with Gasteiger partial charge in [0.2, 0.25) is 5.91 Å². The summed E-state index contributed by atoms with van der Waals surface area (Å²) in [5.41, 5.74) is 3.94. The Morgan fingerprint density at radius 3 is 2.54 bits per heavy atom. The van der Waals surface area contributed by atoms with Crippen LogP contribution >= 0.6 is 0 Å². The molecule has 0 fully saturated rings. The first-order chi connectivity index (χ1) is 12.6. The molecular formula is C21H22FN3O. The van der Waals surface area contributed by atoms with Gasteiger partial charge in [0.05, 0.1) is 17.7 Å². The minimum Gasteiger partial charge on any atom is -0.357 e. The molecule has 4 nitrogen and oxygen atoms in total. The van der Waals surface area contributed by atoms with Crippen LogP contribution in [0.5, 0.6) is 0 Å². The van der Waals surface area contributed by atoms with Crippen molar-refractivity contribution >= 4 is 5.91 Å². The first kappa shape index (κ1) is 17.9. The summed E-state index contributed by atoms with van der Waals surface area (Å²) in [5, 5.41) is 2.72. The van der Waals surface area contributed by atoms with Crippen molar-refractivity contribution in [2.24, 2.45) is 0 Å². The summed E-state index contributed by atoms with van der Waals surface area (Å²) < 4.78 is 15.7. The average molecular weight is 351 g/mol. The Morgan fingerprint density at radius 2 is 1.92 bits per heavy atom. The van der Waals surface area contributed by atoms with Crippen LogP contribution in [0.1, 0.15) is 24.9 Å². The highest BCUT2D eigenvalue weighted by molar-refractivity contribution is 5.84. The minimum atomic E-state index is -0.384. The number of nitrogens with zero attached hydrogens (tertiary/aromatic N) is 2. The number of hydrogen-bond donors (Lipinski definition) is 1. The maximum absolute atomic E-state index is 13.8. The van der Waals surface area contributed by atoms with E-state index in [1.807, 2.05) is 41.8 Å². The summed E-state index contributed by atoms with van der Waals surface area (Å²) in [7, 11) is 1.63. The Morgan fingerprint density at radius 1 is 1.19 bits per heavy atom. The van der Waals surface area contributed by atoms with Crippen molar-refractivity contribution in [3.05, 3.63) is 66.2 Å². The van der Waals surface area contributed by atoms with Crippen LogP contribution in [-0.2, 0) is 4.79 Å². The summed E-state index contributed by atoms with van der Waals surface area (Å²) in [6, 6.07) is 14.4. The zero-order valence-corrected chi connectivity index (χ0v) is 15.2. The van der Waals surface area contributed by atoms with Crippen LogP contribution in [-0.4, -0.2) is 22.5 Å². The predicted octanol–water partition coefficient (Wildman–Crippen LogP) is 4.36. The third-order valence-electron chi connectivity index (χ3n) is 4.54. The van der Waals surface area contributed by atoms with Gasteiger partial charge >= 0.3 is 0 Å². The molecule has 1 aromatic heterocycles. The number of amides is 1. The number of rotatable bonds is 5. The molecular weight excluding hydrogens is 329 g/mol. The number of halogens is 1. The van der Waals surface area contributed by atoms with Crippen molar-refractivity contribution in [2.75, 3.05) is 7.05 Å². The Balaban J connectivity index is 2.24. The monoisotopic (exact) mass is 351 g/mol. The number of imidazole rings is 1. The molecule has 0 unspecified atom stereocenters. The lowest BCUT2D eigenvalue weighted by atomic mass is 10.0. The first-order valence-corrected chi connectivity index (χ1v) is 8.67. The molecule has 0 aliphatic carbocycles. The standard InChI is InChI=1S/C21H22FN3O/c1-4-18(21(26)23-3)25-13-24-19(15-8-6-5-7-9-15)20(25)16-10-11-17(22)14(2)12-16/h5-13,18H,4H2,1-3H3,(H,23,26)/t18-/m1/s1. The molecule has 0 saturated carbocycles. The molecule has 0 aliphatic heterocycles. The molecule has 3 aromatic rings. The van der Waals surface area contributed by atoms with Crippen LogP contribution in [0.3, 0.4) is 0 Å². The van der Waals surface area contributed by atoms with Crippen LogP contribution in [0.4, 0.5) is 4.39 Å². The Labute approximate surface area is 152 Å². The molecule has 1 atom stereocenters. The number of carbonyl (C=O) groups is 1. The van der Waals surface area contributed by atoms with Crippen molar-refractivity contribution in [3.8, 4) is 22.5 Å². The van der Waals surface area contributed by atoms with E-state index >= 15 is 0 Å². The fourth-order valence-corrected chi connectivity index (χ4v) is 3.16. The second-order valence-corrected chi connectivity index (χ2v) is 6.22. The molecule has 5 heteroatoms. The van der Waals surface area contributed by atoms with Gasteiger partial charge < -0.3 is 9.88 Å². The van der Waals surface area contributed by atoms with E-state index in [1.165, 1.54) is 6.07 Å². The van der Waals surface area contributed by atoms with Gasteiger partial charge in [-0.05, 0) is 37.1 Å². The van der Waals surface area contributed by atoms with E-state index < -0.39 is 0 Å². The topological polar surface area (TPSA) is 46.9 Å². The second-order valence-electron chi connectivity index (χ2n) is 6.22. The van der Waals surface area contributed by atoms with E-state index in [1.54, 1.807) is 32.4 Å². The summed E-state index contributed by atoms with van der Waals surface area (Å²) in [6.45, 7) is 3.69. The molecule has 0 radical (unpaired) electrons. The predicted molar refractivity (Wildman–Crippen MR) is 101 cm³/mol.